The maximum absolute atomic E-state index is 13.7. The molecule has 0 saturated heterocycles. The highest BCUT2D eigenvalue weighted by molar-refractivity contribution is 8.00. The van der Waals surface area contributed by atoms with Crippen LogP contribution in [0.3, 0.4) is 0 Å². The predicted molar refractivity (Wildman–Crippen MR) is 131 cm³/mol. The van der Waals surface area contributed by atoms with Crippen molar-refractivity contribution in [3.8, 4) is 0 Å². The van der Waals surface area contributed by atoms with Gasteiger partial charge in [0.1, 0.15) is 12.4 Å². The minimum atomic E-state index is -4.52. The Morgan fingerprint density at radius 1 is 1.08 bits per heavy atom. The number of carbonyl (C=O) groups excluding carboxylic acids is 1. The Balaban J connectivity index is 1.32. The number of anilines is 1. The summed E-state index contributed by atoms with van der Waals surface area (Å²) in [6, 6.07) is 10.9. The number of thiazole rings is 1. The molecule has 2 saturated carbocycles. The van der Waals surface area contributed by atoms with E-state index in [-0.39, 0.29) is 28.8 Å². The van der Waals surface area contributed by atoms with Crippen LogP contribution in [-0.2, 0) is 17.5 Å². The number of alkyl halides is 3. The van der Waals surface area contributed by atoms with Crippen molar-refractivity contribution in [1.29, 1.82) is 0 Å². The number of nitrogens with zero attached hydrogens (tertiary/aromatic N) is 1. The highest BCUT2D eigenvalue weighted by Gasteiger charge is 2.55. The van der Waals surface area contributed by atoms with E-state index in [1.807, 2.05) is 0 Å². The summed E-state index contributed by atoms with van der Waals surface area (Å²) in [4.78, 5) is 26.5. The van der Waals surface area contributed by atoms with Crippen LogP contribution in [0.15, 0.2) is 58.4 Å². The number of carbonyl (C=O) groups is 1. The molecule has 1 N–H and O–H groups in total. The summed E-state index contributed by atoms with van der Waals surface area (Å²) in [5.41, 5.74) is 0.143. The number of aromatic nitrogens is 1. The molecule has 2 bridgehead atoms. The SMILES string of the molecule is O=C(Cn1c2c(sc1=O)C(c1ccc(F)cc1)C1C3CCC(C3)C1S2)Nc1cccc(C(F)(F)F)c1. The van der Waals surface area contributed by atoms with Gasteiger partial charge >= 0.3 is 11.0 Å². The molecule has 36 heavy (non-hydrogen) atoms. The van der Waals surface area contributed by atoms with Gasteiger partial charge in [-0.2, -0.15) is 13.2 Å². The third-order valence-corrected chi connectivity index (χ3v) is 10.5. The normalized spacial score (nSPS) is 26.5. The lowest BCUT2D eigenvalue weighted by atomic mass is 9.75. The van der Waals surface area contributed by atoms with Gasteiger partial charge in [0.05, 0.1) is 10.6 Å². The molecule has 2 aliphatic carbocycles. The predicted octanol–water partition coefficient (Wildman–Crippen LogP) is 6.36. The summed E-state index contributed by atoms with van der Waals surface area (Å²) in [6.45, 7) is -0.282. The van der Waals surface area contributed by atoms with E-state index in [1.165, 1.54) is 28.8 Å². The zero-order chi connectivity index (χ0) is 25.2. The molecule has 5 unspecified atom stereocenters. The summed E-state index contributed by atoms with van der Waals surface area (Å²) in [5.74, 6) is 0.551. The largest absolute Gasteiger partial charge is 0.416 e. The number of thioether (sulfide) groups is 1. The molecule has 188 valence electrons. The number of amides is 1. The fraction of sp³-hybridized carbons (Fsp3) is 0.385. The van der Waals surface area contributed by atoms with E-state index in [0.29, 0.717) is 23.0 Å². The highest BCUT2D eigenvalue weighted by atomic mass is 32.2. The van der Waals surface area contributed by atoms with Crippen molar-refractivity contribution in [3.63, 3.8) is 0 Å². The van der Waals surface area contributed by atoms with Gasteiger partial charge < -0.3 is 5.32 Å². The molecule has 4 nitrogen and oxygen atoms in total. The Morgan fingerprint density at radius 2 is 1.83 bits per heavy atom. The molecule has 1 amide bonds. The number of fused-ring (bicyclic) bond motifs is 6. The number of hydrogen-bond acceptors (Lipinski definition) is 4. The molecule has 5 atom stereocenters. The first-order valence-corrected chi connectivity index (χ1v) is 13.5. The molecule has 2 fully saturated rings. The van der Waals surface area contributed by atoms with Crippen molar-refractivity contribution in [2.24, 2.45) is 17.8 Å². The third-order valence-electron chi connectivity index (χ3n) is 7.70. The quantitative estimate of drug-likeness (QED) is 0.397. The first-order valence-electron chi connectivity index (χ1n) is 11.8. The van der Waals surface area contributed by atoms with Crippen LogP contribution >= 0.6 is 23.1 Å². The summed E-state index contributed by atoms with van der Waals surface area (Å²) in [7, 11) is 0. The van der Waals surface area contributed by atoms with Crippen LogP contribution in [-0.4, -0.2) is 15.7 Å². The summed E-state index contributed by atoms with van der Waals surface area (Å²) >= 11 is 2.78. The lowest BCUT2D eigenvalue weighted by molar-refractivity contribution is -0.137. The topological polar surface area (TPSA) is 51.1 Å². The molecule has 1 aromatic heterocycles. The van der Waals surface area contributed by atoms with Crippen molar-refractivity contribution >= 4 is 34.7 Å². The van der Waals surface area contributed by atoms with Crippen molar-refractivity contribution in [1.82, 2.24) is 4.57 Å². The van der Waals surface area contributed by atoms with Gasteiger partial charge in [-0.15, -0.1) is 11.8 Å². The number of benzene rings is 2. The van der Waals surface area contributed by atoms with Crippen molar-refractivity contribution in [3.05, 3.63) is 80.0 Å². The van der Waals surface area contributed by atoms with Gasteiger partial charge in [-0.25, -0.2) is 4.39 Å². The lowest BCUT2D eigenvalue weighted by Gasteiger charge is -2.40. The van der Waals surface area contributed by atoms with Gasteiger partial charge in [0, 0.05) is 21.7 Å². The van der Waals surface area contributed by atoms with E-state index in [2.05, 4.69) is 5.32 Å². The maximum atomic E-state index is 13.7. The molecule has 3 aromatic rings. The number of halogens is 4. The summed E-state index contributed by atoms with van der Waals surface area (Å²) < 4.78 is 54.3. The van der Waals surface area contributed by atoms with Gasteiger partial charge in [-0.1, -0.05) is 29.5 Å². The second-order valence-electron chi connectivity index (χ2n) is 9.77. The second kappa shape index (κ2) is 8.76. The molecule has 6 rings (SSSR count). The molecule has 0 radical (unpaired) electrons. The van der Waals surface area contributed by atoms with Crippen LogP contribution in [0, 0.1) is 23.6 Å². The van der Waals surface area contributed by atoms with E-state index in [0.717, 1.165) is 58.2 Å². The molecule has 10 heteroatoms. The van der Waals surface area contributed by atoms with Gasteiger partial charge in [-0.3, -0.25) is 14.2 Å². The first kappa shape index (κ1) is 23.8. The molecule has 2 heterocycles. The molecule has 3 aliphatic rings. The van der Waals surface area contributed by atoms with E-state index >= 15 is 0 Å². The van der Waals surface area contributed by atoms with Crippen LogP contribution < -0.4 is 10.2 Å². The smallest absolute Gasteiger partial charge is 0.325 e. The maximum Gasteiger partial charge on any atom is 0.416 e. The number of nitrogens with one attached hydrogen (secondary N) is 1. The fourth-order valence-corrected chi connectivity index (χ4v) is 9.40. The Bertz CT molecular complexity index is 1380. The van der Waals surface area contributed by atoms with Crippen molar-refractivity contribution in [2.75, 3.05) is 5.32 Å². The Morgan fingerprint density at radius 3 is 2.58 bits per heavy atom. The Labute approximate surface area is 212 Å². The second-order valence-corrected chi connectivity index (χ2v) is 11.9. The standard InChI is InChI=1S/C26H22F4N2O2S2/c27-17-8-6-13(7-9-17)20-21-14-4-5-15(10-14)22(21)35-24-23(20)36-25(34)32(24)12-19(33)31-18-3-1-2-16(11-18)26(28,29)30/h1-3,6-9,11,14-15,20-22H,4-5,10,12H2,(H,31,33). The third kappa shape index (κ3) is 4.08. The van der Waals surface area contributed by atoms with Gasteiger partial charge in [0.25, 0.3) is 0 Å². The van der Waals surface area contributed by atoms with Crippen molar-refractivity contribution < 1.29 is 22.4 Å². The average Bonchev–Trinajstić information content (AvgIpc) is 3.52. The van der Waals surface area contributed by atoms with Crippen LogP contribution in [0.1, 0.15) is 41.2 Å². The van der Waals surface area contributed by atoms with E-state index < -0.39 is 17.6 Å². The number of hydrogen-bond donors (Lipinski definition) is 1. The first-order chi connectivity index (χ1) is 17.2. The summed E-state index contributed by atoms with van der Waals surface area (Å²) in [6.07, 6.45) is -1.06. The van der Waals surface area contributed by atoms with Gasteiger partial charge in [-0.05, 0) is 72.9 Å². The Kier molecular flexibility index (Phi) is 5.79. The van der Waals surface area contributed by atoms with Crippen molar-refractivity contribution in [2.45, 2.75) is 48.2 Å². The van der Waals surface area contributed by atoms with Crippen LogP contribution in [0.5, 0.6) is 0 Å². The molecular weight excluding hydrogens is 512 g/mol. The van der Waals surface area contributed by atoms with Crippen LogP contribution in [0.2, 0.25) is 0 Å². The monoisotopic (exact) mass is 534 g/mol. The van der Waals surface area contributed by atoms with Crippen LogP contribution in [0.25, 0.3) is 0 Å². The highest BCUT2D eigenvalue weighted by Crippen LogP contribution is 2.64. The van der Waals surface area contributed by atoms with E-state index in [4.69, 9.17) is 0 Å². The average molecular weight is 535 g/mol. The van der Waals surface area contributed by atoms with Crippen LogP contribution in [0.4, 0.5) is 23.2 Å². The zero-order valence-corrected chi connectivity index (χ0v) is 20.6. The minimum absolute atomic E-state index is 0.0250. The van der Waals surface area contributed by atoms with Gasteiger partial charge in [0.15, 0.2) is 0 Å². The molecular formula is C26H22F4N2O2S2. The van der Waals surface area contributed by atoms with E-state index in [1.54, 1.807) is 23.9 Å². The van der Waals surface area contributed by atoms with E-state index in [9.17, 15) is 27.2 Å². The molecule has 0 spiro atoms. The molecule has 1 aliphatic heterocycles. The Hall–Kier alpha value is -2.59. The molecule has 2 aromatic carbocycles. The summed E-state index contributed by atoms with van der Waals surface area (Å²) in [5, 5.41) is 3.58. The fourth-order valence-electron chi connectivity index (χ4n) is 6.25. The lowest BCUT2D eigenvalue weighted by Crippen LogP contribution is -2.34. The van der Waals surface area contributed by atoms with Gasteiger partial charge in [0.2, 0.25) is 5.91 Å². The number of rotatable bonds is 4. The minimum Gasteiger partial charge on any atom is -0.325 e. The zero-order valence-electron chi connectivity index (χ0n) is 18.9.